The number of rotatable bonds is 7. The highest BCUT2D eigenvalue weighted by molar-refractivity contribution is 7.09. The van der Waals surface area contributed by atoms with Crippen LogP contribution >= 0.6 is 11.3 Å². The summed E-state index contributed by atoms with van der Waals surface area (Å²) in [7, 11) is 3.15. The van der Waals surface area contributed by atoms with E-state index >= 15 is 0 Å². The van der Waals surface area contributed by atoms with E-state index in [4.69, 9.17) is 15.2 Å². The van der Waals surface area contributed by atoms with E-state index in [9.17, 15) is 4.79 Å². The Morgan fingerprint density at radius 2 is 2.17 bits per heavy atom. The van der Waals surface area contributed by atoms with Crippen molar-refractivity contribution < 1.29 is 14.3 Å². The highest BCUT2D eigenvalue weighted by Gasteiger charge is 2.15. The van der Waals surface area contributed by atoms with Crippen molar-refractivity contribution in [2.24, 2.45) is 5.73 Å². The normalized spacial score (nSPS) is 11.8. The summed E-state index contributed by atoms with van der Waals surface area (Å²) in [6, 6.07) is 5.41. The molecule has 6 nitrogen and oxygen atoms in total. The first-order valence-corrected chi connectivity index (χ1v) is 8.17. The van der Waals surface area contributed by atoms with Gasteiger partial charge in [0.25, 0.3) is 5.91 Å². The van der Waals surface area contributed by atoms with Crippen LogP contribution in [0.2, 0.25) is 0 Å². The van der Waals surface area contributed by atoms with E-state index in [1.165, 1.54) is 11.3 Å². The summed E-state index contributed by atoms with van der Waals surface area (Å²) in [6.45, 7) is 2.31. The van der Waals surface area contributed by atoms with Gasteiger partial charge in [-0.15, -0.1) is 11.3 Å². The van der Waals surface area contributed by atoms with Crippen LogP contribution in [0, 0.1) is 0 Å². The second kappa shape index (κ2) is 7.94. The zero-order valence-corrected chi connectivity index (χ0v) is 14.3. The Labute approximate surface area is 139 Å². The van der Waals surface area contributed by atoms with Crippen LogP contribution in [0.1, 0.15) is 40.4 Å². The molecule has 1 heterocycles. The fourth-order valence-corrected chi connectivity index (χ4v) is 2.98. The first kappa shape index (κ1) is 17.2. The molecule has 0 aliphatic heterocycles. The predicted molar refractivity (Wildman–Crippen MR) is 90.0 cm³/mol. The van der Waals surface area contributed by atoms with Crippen molar-refractivity contribution in [1.82, 2.24) is 10.3 Å². The van der Waals surface area contributed by atoms with Gasteiger partial charge in [-0.2, -0.15) is 0 Å². The van der Waals surface area contributed by atoms with Crippen LogP contribution in [0.5, 0.6) is 11.5 Å². The Morgan fingerprint density at radius 1 is 1.39 bits per heavy atom. The molecule has 0 aliphatic carbocycles. The summed E-state index contributed by atoms with van der Waals surface area (Å²) in [5, 5.41) is 5.34. The van der Waals surface area contributed by atoms with Gasteiger partial charge in [-0.05, 0) is 12.5 Å². The van der Waals surface area contributed by atoms with Crippen LogP contribution in [0.3, 0.4) is 0 Å². The molecule has 2 aromatic rings. The molecule has 0 fully saturated rings. The fraction of sp³-hybridized carbons (Fsp3) is 0.375. The maximum Gasteiger partial charge on any atom is 0.271 e. The lowest BCUT2D eigenvalue weighted by atomic mass is 10.2. The maximum absolute atomic E-state index is 12.2. The first-order valence-electron chi connectivity index (χ1n) is 7.29. The van der Waals surface area contributed by atoms with Crippen molar-refractivity contribution in [3.63, 3.8) is 0 Å². The van der Waals surface area contributed by atoms with E-state index in [1.807, 2.05) is 25.1 Å². The number of para-hydroxylation sites is 1. The van der Waals surface area contributed by atoms with Crippen LogP contribution in [0.4, 0.5) is 0 Å². The van der Waals surface area contributed by atoms with Crippen LogP contribution in [0.25, 0.3) is 0 Å². The molecule has 0 saturated heterocycles. The summed E-state index contributed by atoms with van der Waals surface area (Å²) in [4.78, 5) is 16.5. The number of nitrogens with one attached hydrogen (secondary N) is 1. The molecular weight excluding hydrogens is 314 g/mol. The number of carbonyl (C=O) groups is 1. The van der Waals surface area contributed by atoms with E-state index < -0.39 is 0 Å². The van der Waals surface area contributed by atoms with Gasteiger partial charge < -0.3 is 20.5 Å². The van der Waals surface area contributed by atoms with Gasteiger partial charge in [0.15, 0.2) is 11.5 Å². The van der Waals surface area contributed by atoms with Crippen molar-refractivity contribution in [2.75, 3.05) is 14.2 Å². The summed E-state index contributed by atoms with van der Waals surface area (Å²) in [6.07, 6.45) is 0.787. The van der Waals surface area contributed by atoms with Gasteiger partial charge in [-0.25, -0.2) is 4.98 Å². The third-order valence-electron chi connectivity index (χ3n) is 3.44. The molecule has 0 aliphatic rings. The second-order valence-electron chi connectivity index (χ2n) is 4.92. The number of thiazole rings is 1. The van der Waals surface area contributed by atoms with E-state index in [0.29, 0.717) is 23.7 Å². The molecule has 1 atom stereocenters. The third-order valence-corrected chi connectivity index (χ3v) is 4.41. The Kier molecular flexibility index (Phi) is 5.95. The van der Waals surface area contributed by atoms with Gasteiger partial charge in [0.1, 0.15) is 10.7 Å². The number of amides is 1. The van der Waals surface area contributed by atoms with Gasteiger partial charge >= 0.3 is 0 Å². The minimum absolute atomic E-state index is 0.125. The summed E-state index contributed by atoms with van der Waals surface area (Å²) in [5.74, 6) is 1.01. The van der Waals surface area contributed by atoms with E-state index in [2.05, 4.69) is 10.3 Å². The topological polar surface area (TPSA) is 86.5 Å². The number of nitrogens with zero attached hydrogens (tertiary/aromatic N) is 1. The quantitative estimate of drug-likeness (QED) is 0.812. The van der Waals surface area contributed by atoms with Gasteiger partial charge in [0.05, 0.1) is 20.3 Å². The molecule has 0 saturated carbocycles. The lowest BCUT2D eigenvalue weighted by Gasteiger charge is -2.12. The van der Waals surface area contributed by atoms with Crippen LogP contribution in [-0.2, 0) is 6.54 Å². The third kappa shape index (κ3) is 4.00. The monoisotopic (exact) mass is 335 g/mol. The van der Waals surface area contributed by atoms with Gasteiger partial charge in [-0.3, -0.25) is 4.79 Å². The molecule has 3 N–H and O–H groups in total. The van der Waals surface area contributed by atoms with Crippen molar-refractivity contribution in [2.45, 2.75) is 25.9 Å². The van der Waals surface area contributed by atoms with Gasteiger partial charge in [-0.1, -0.05) is 19.1 Å². The molecule has 1 aromatic heterocycles. The molecule has 0 radical (unpaired) electrons. The number of ether oxygens (including phenoxy) is 2. The number of nitrogens with two attached hydrogens (primary N) is 1. The Morgan fingerprint density at radius 3 is 2.83 bits per heavy atom. The number of carbonyl (C=O) groups excluding carboxylic acids is 1. The zero-order chi connectivity index (χ0) is 16.8. The number of methoxy groups -OCH3 is 2. The van der Waals surface area contributed by atoms with Crippen LogP contribution < -0.4 is 20.5 Å². The summed E-state index contributed by atoms with van der Waals surface area (Å²) < 4.78 is 10.6. The fourth-order valence-electron chi connectivity index (χ4n) is 2.10. The second-order valence-corrected chi connectivity index (χ2v) is 5.81. The molecule has 1 aromatic carbocycles. The van der Waals surface area contributed by atoms with Crippen LogP contribution in [0.15, 0.2) is 23.6 Å². The van der Waals surface area contributed by atoms with E-state index in [0.717, 1.165) is 17.0 Å². The van der Waals surface area contributed by atoms with E-state index in [1.54, 1.807) is 19.6 Å². The predicted octanol–water partition coefficient (Wildman–Crippen LogP) is 2.50. The summed E-state index contributed by atoms with van der Waals surface area (Å²) in [5.41, 5.74) is 7.15. The lowest BCUT2D eigenvalue weighted by molar-refractivity contribution is 0.0946. The molecule has 23 heavy (non-hydrogen) atoms. The van der Waals surface area contributed by atoms with Crippen molar-refractivity contribution in [3.05, 3.63) is 39.8 Å². The molecule has 1 unspecified atom stereocenters. The molecule has 1 amide bonds. The van der Waals surface area contributed by atoms with Crippen molar-refractivity contribution in [3.8, 4) is 11.5 Å². The number of hydrogen-bond acceptors (Lipinski definition) is 6. The average Bonchev–Trinajstić information content (AvgIpc) is 3.08. The van der Waals surface area contributed by atoms with Crippen molar-refractivity contribution in [1.29, 1.82) is 0 Å². The molecule has 7 heteroatoms. The van der Waals surface area contributed by atoms with Crippen molar-refractivity contribution >= 4 is 17.2 Å². The lowest BCUT2D eigenvalue weighted by Crippen LogP contribution is -2.23. The largest absolute Gasteiger partial charge is 0.493 e. The first-order chi connectivity index (χ1) is 11.1. The number of benzene rings is 1. The molecule has 2 rings (SSSR count). The minimum Gasteiger partial charge on any atom is -0.493 e. The molecule has 0 bridgehead atoms. The maximum atomic E-state index is 12.2. The highest BCUT2D eigenvalue weighted by atomic mass is 32.1. The van der Waals surface area contributed by atoms with Gasteiger partial charge in [0.2, 0.25) is 0 Å². The highest BCUT2D eigenvalue weighted by Crippen LogP contribution is 2.30. The van der Waals surface area contributed by atoms with Gasteiger partial charge in [0, 0.05) is 17.5 Å². The van der Waals surface area contributed by atoms with E-state index in [-0.39, 0.29) is 11.9 Å². The molecule has 0 spiro atoms. The summed E-state index contributed by atoms with van der Waals surface area (Å²) >= 11 is 1.40. The molecule has 124 valence electrons. The average molecular weight is 335 g/mol. The number of hydrogen-bond donors (Lipinski definition) is 2. The minimum atomic E-state index is -0.235. The molecular formula is C16H21N3O3S. The zero-order valence-electron chi connectivity index (χ0n) is 13.5. The van der Waals surface area contributed by atoms with Crippen LogP contribution in [-0.4, -0.2) is 25.1 Å². The Bertz CT molecular complexity index is 672. The Hall–Kier alpha value is -2.12. The standard InChI is InChI=1S/C16H21N3O3S/c1-4-11(17)16-19-12(9-23-16)15(20)18-8-10-6-5-7-13(21-2)14(10)22-3/h5-7,9,11H,4,8,17H2,1-3H3,(H,18,20). The Balaban J connectivity index is 2.06. The SMILES string of the molecule is CCC(N)c1nc(C(=O)NCc2cccc(OC)c2OC)cs1. The number of aromatic nitrogens is 1. The smallest absolute Gasteiger partial charge is 0.271 e.